The smallest absolute Gasteiger partial charge is 0.159 e. The number of aromatic nitrogens is 1. The van der Waals surface area contributed by atoms with Crippen LogP contribution in [0.4, 0.5) is 34.1 Å². The molecule has 0 aliphatic rings. The molecule has 0 saturated heterocycles. The van der Waals surface area contributed by atoms with E-state index in [1.165, 1.54) is 27.1 Å². The molecular formula is C52H35N3O. The van der Waals surface area contributed by atoms with Crippen LogP contribution < -0.4 is 9.80 Å². The van der Waals surface area contributed by atoms with Crippen LogP contribution in [-0.2, 0) is 0 Å². The van der Waals surface area contributed by atoms with Crippen molar-refractivity contribution in [2.45, 2.75) is 0 Å². The molecule has 0 aliphatic heterocycles. The Morgan fingerprint density at radius 3 is 1.66 bits per heavy atom. The molecular weight excluding hydrogens is 683 g/mol. The Labute approximate surface area is 324 Å². The first kappa shape index (κ1) is 31.9. The second kappa shape index (κ2) is 13.1. The van der Waals surface area contributed by atoms with Crippen molar-refractivity contribution in [3.05, 3.63) is 212 Å². The Morgan fingerprint density at radius 1 is 0.357 bits per heavy atom. The summed E-state index contributed by atoms with van der Waals surface area (Å²) in [6.07, 6.45) is 0. The van der Waals surface area contributed by atoms with E-state index in [1.807, 2.05) is 0 Å². The number of rotatable bonds is 7. The SMILES string of the molecule is c1ccc(N(c2ccc(N(c3ccccc3)c3cccc4c3oc3ccc5ccccc5c34)cc2)c2ccc3c4ccccc4n(-c4ccccc4)c3c2)cc1. The zero-order valence-electron chi connectivity index (χ0n) is 30.5. The normalized spacial score (nSPS) is 11.6. The van der Waals surface area contributed by atoms with E-state index >= 15 is 0 Å². The fraction of sp³-hybridized carbons (Fsp3) is 0. The van der Waals surface area contributed by atoms with Crippen molar-refractivity contribution < 1.29 is 4.42 Å². The van der Waals surface area contributed by atoms with Crippen LogP contribution in [0.1, 0.15) is 0 Å². The topological polar surface area (TPSA) is 24.6 Å². The lowest BCUT2D eigenvalue weighted by Crippen LogP contribution is -2.12. The monoisotopic (exact) mass is 717 g/mol. The predicted molar refractivity (Wildman–Crippen MR) is 235 cm³/mol. The molecule has 0 radical (unpaired) electrons. The highest BCUT2D eigenvalue weighted by Gasteiger charge is 2.22. The first-order valence-electron chi connectivity index (χ1n) is 19.0. The summed E-state index contributed by atoms with van der Waals surface area (Å²) in [5.41, 5.74) is 11.5. The number of nitrogens with zero attached hydrogens (tertiary/aromatic N) is 3. The molecule has 0 fully saturated rings. The molecule has 0 saturated carbocycles. The molecule has 0 atom stereocenters. The standard InChI is InChI=1S/C52H35N3O/c1-4-16-37(17-5-1)53(42-32-33-45-44-23-12-13-25-47(44)55(49(45)35-42)39-20-8-3-9-21-39)40-28-30-41(31-29-40)54(38-18-6-2-7-19-38)48-26-14-24-46-51-43-22-11-10-15-36(43)27-34-50(51)56-52(46)48/h1-35H. The van der Waals surface area contributed by atoms with Gasteiger partial charge in [0.1, 0.15) is 5.58 Å². The molecule has 11 aromatic rings. The summed E-state index contributed by atoms with van der Waals surface area (Å²) in [5, 5.41) is 7.10. The van der Waals surface area contributed by atoms with Crippen LogP contribution in [0.3, 0.4) is 0 Å². The van der Waals surface area contributed by atoms with Gasteiger partial charge < -0.3 is 18.8 Å². The van der Waals surface area contributed by atoms with Gasteiger partial charge in [-0.3, -0.25) is 0 Å². The summed E-state index contributed by atoms with van der Waals surface area (Å²) in [5.74, 6) is 0. The minimum absolute atomic E-state index is 0.861. The van der Waals surface area contributed by atoms with Crippen LogP contribution in [0, 0.1) is 0 Å². The zero-order chi connectivity index (χ0) is 37.0. The first-order chi connectivity index (χ1) is 27.8. The van der Waals surface area contributed by atoms with Crippen molar-refractivity contribution in [3.8, 4) is 5.69 Å². The Kier molecular flexibility index (Phi) is 7.46. The summed E-state index contributed by atoms with van der Waals surface area (Å²) in [6, 6.07) is 75.4. The van der Waals surface area contributed by atoms with E-state index in [2.05, 4.69) is 227 Å². The number of furan rings is 1. The molecule has 0 amide bonds. The lowest BCUT2D eigenvalue weighted by atomic mass is 10.0. The van der Waals surface area contributed by atoms with E-state index in [1.54, 1.807) is 0 Å². The molecule has 0 bridgehead atoms. The number of anilines is 6. The van der Waals surface area contributed by atoms with Crippen LogP contribution in [-0.4, -0.2) is 4.57 Å². The molecule has 4 nitrogen and oxygen atoms in total. The number of fused-ring (bicyclic) bond motifs is 8. The quantitative estimate of drug-likeness (QED) is 0.164. The number of hydrogen-bond donors (Lipinski definition) is 0. The maximum absolute atomic E-state index is 6.74. The number of para-hydroxylation sites is 5. The molecule has 11 rings (SSSR count). The van der Waals surface area contributed by atoms with Crippen molar-refractivity contribution in [1.29, 1.82) is 0 Å². The van der Waals surface area contributed by atoms with Gasteiger partial charge in [-0.25, -0.2) is 0 Å². The average molecular weight is 718 g/mol. The molecule has 0 spiro atoms. The van der Waals surface area contributed by atoms with Crippen LogP contribution in [0.15, 0.2) is 217 Å². The third-order valence-corrected chi connectivity index (χ3v) is 10.9. The van der Waals surface area contributed by atoms with Crippen molar-refractivity contribution in [3.63, 3.8) is 0 Å². The Morgan fingerprint density at radius 2 is 0.911 bits per heavy atom. The Bertz CT molecular complexity index is 3180. The van der Waals surface area contributed by atoms with Gasteiger partial charge in [0.05, 0.1) is 16.7 Å². The molecule has 0 N–H and O–H groups in total. The molecule has 264 valence electrons. The molecule has 9 aromatic carbocycles. The average Bonchev–Trinajstić information content (AvgIpc) is 3.82. The van der Waals surface area contributed by atoms with E-state index in [-0.39, 0.29) is 0 Å². The lowest BCUT2D eigenvalue weighted by Gasteiger charge is -2.28. The van der Waals surface area contributed by atoms with Crippen LogP contribution in [0.25, 0.3) is 60.2 Å². The van der Waals surface area contributed by atoms with Crippen LogP contribution in [0.5, 0.6) is 0 Å². The second-order valence-corrected chi connectivity index (χ2v) is 14.2. The summed E-state index contributed by atoms with van der Waals surface area (Å²) in [7, 11) is 0. The summed E-state index contributed by atoms with van der Waals surface area (Å²) < 4.78 is 9.11. The molecule has 0 aliphatic carbocycles. The van der Waals surface area contributed by atoms with Gasteiger partial charge >= 0.3 is 0 Å². The number of hydrogen-bond acceptors (Lipinski definition) is 3. The minimum atomic E-state index is 0.861. The van der Waals surface area contributed by atoms with E-state index in [9.17, 15) is 0 Å². The minimum Gasteiger partial charge on any atom is -0.454 e. The highest BCUT2D eigenvalue weighted by Crippen LogP contribution is 2.45. The van der Waals surface area contributed by atoms with Crippen LogP contribution >= 0.6 is 0 Å². The third kappa shape index (κ3) is 5.15. The van der Waals surface area contributed by atoms with E-state index in [0.717, 1.165) is 67.3 Å². The third-order valence-electron chi connectivity index (χ3n) is 10.9. The molecule has 0 unspecified atom stereocenters. The largest absolute Gasteiger partial charge is 0.454 e. The zero-order valence-corrected chi connectivity index (χ0v) is 30.5. The predicted octanol–water partition coefficient (Wildman–Crippen LogP) is 14.8. The van der Waals surface area contributed by atoms with Gasteiger partial charge in [-0.15, -0.1) is 0 Å². The van der Waals surface area contributed by atoms with E-state index in [4.69, 9.17) is 4.42 Å². The van der Waals surface area contributed by atoms with Gasteiger partial charge in [-0.2, -0.15) is 0 Å². The second-order valence-electron chi connectivity index (χ2n) is 14.2. The van der Waals surface area contributed by atoms with Crippen molar-refractivity contribution in [2.24, 2.45) is 0 Å². The molecule has 56 heavy (non-hydrogen) atoms. The van der Waals surface area contributed by atoms with Gasteiger partial charge in [0.15, 0.2) is 5.58 Å². The fourth-order valence-corrected chi connectivity index (χ4v) is 8.46. The first-order valence-corrected chi connectivity index (χ1v) is 19.0. The molecule has 2 heterocycles. The van der Waals surface area contributed by atoms with Crippen molar-refractivity contribution in [1.82, 2.24) is 4.57 Å². The fourth-order valence-electron chi connectivity index (χ4n) is 8.46. The van der Waals surface area contributed by atoms with Crippen LogP contribution in [0.2, 0.25) is 0 Å². The maximum Gasteiger partial charge on any atom is 0.159 e. The van der Waals surface area contributed by atoms with Gasteiger partial charge in [0.25, 0.3) is 0 Å². The highest BCUT2D eigenvalue weighted by molar-refractivity contribution is 6.21. The summed E-state index contributed by atoms with van der Waals surface area (Å²) >= 11 is 0. The van der Waals surface area contributed by atoms with Gasteiger partial charge in [0, 0.05) is 55.7 Å². The van der Waals surface area contributed by atoms with E-state index in [0.29, 0.717) is 0 Å². The Hall–Kier alpha value is -7.56. The van der Waals surface area contributed by atoms with Gasteiger partial charge in [0.2, 0.25) is 0 Å². The molecule has 4 heteroatoms. The van der Waals surface area contributed by atoms with Gasteiger partial charge in [-0.1, -0.05) is 121 Å². The summed E-state index contributed by atoms with van der Waals surface area (Å²) in [6.45, 7) is 0. The van der Waals surface area contributed by atoms with E-state index < -0.39 is 0 Å². The summed E-state index contributed by atoms with van der Waals surface area (Å²) in [4.78, 5) is 4.64. The van der Waals surface area contributed by atoms with Gasteiger partial charge in [-0.05, 0) is 102 Å². The molecule has 2 aromatic heterocycles. The lowest BCUT2D eigenvalue weighted by molar-refractivity contribution is 0.669. The Balaban J connectivity index is 1.07. The highest BCUT2D eigenvalue weighted by atomic mass is 16.3. The van der Waals surface area contributed by atoms with Crippen molar-refractivity contribution in [2.75, 3.05) is 9.80 Å². The number of benzene rings is 9. The maximum atomic E-state index is 6.74. The van der Waals surface area contributed by atoms with Crippen molar-refractivity contribution >= 4 is 88.6 Å².